The van der Waals surface area contributed by atoms with Crippen LogP contribution in [0.15, 0.2) is 42.5 Å². The van der Waals surface area contributed by atoms with Gasteiger partial charge in [-0.3, -0.25) is 14.8 Å². The van der Waals surface area contributed by atoms with Gasteiger partial charge in [0.1, 0.15) is 0 Å². The summed E-state index contributed by atoms with van der Waals surface area (Å²) in [5.74, 6) is -0.982. The van der Waals surface area contributed by atoms with Crippen molar-refractivity contribution < 1.29 is 22.9 Å². The number of nitrogens with one attached hydrogen (secondary N) is 1. The number of ether oxygens (including phenoxy) is 1. The summed E-state index contributed by atoms with van der Waals surface area (Å²) < 4.78 is 32.1. The highest BCUT2D eigenvalue weighted by atomic mass is 32.2. The number of hydrogen-bond donors (Lipinski definition) is 1. The molecule has 26 heavy (non-hydrogen) atoms. The molecule has 138 valence electrons. The molecule has 0 radical (unpaired) electrons. The summed E-state index contributed by atoms with van der Waals surface area (Å²) >= 11 is 0. The number of carbonyl (C=O) groups excluding carboxylic acids is 1. The molecule has 2 rings (SSSR count). The van der Waals surface area contributed by atoms with Crippen LogP contribution in [0.4, 0.5) is 11.4 Å². The Morgan fingerprint density at radius 3 is 2.62 bits per heavy atom. The summed E-state index contributed by atoms with van der Waals surface area (Å²) in [6, 6.07) is 9.98. The number of nitro benzene ring substituents is 1. The molecule has 0 atom stereocenters. The van der Waals surface area contributed by atoms with Gasteiger partial charge in [-0.05, 0) is 37.1 Å². The van der Waals surface area contributed by atoms with E-state index >= 15 is 0 Å². The second-order valence-corrected chi connectivity index (χ2v) is 7.26. The fourth-order valence-electron chi connectivity index (χ4n) is 2.26. The van der Waals surface area contributed by atoms with E-state index in [0.29, 0.717) is 5.56 Å². The SMILES string of the molecule is CCOC(=O)c1ccc(C)c(NS(=O)(=O)Cc2cccc([N+](=O)[O-])c2)c1. The van der Waals surface area contributed by atoms with Crippen LogP contribution >= 0.6 is 0 Å². The Kier molecular flexibility index (Phi) is 5.93. The van der Waals surface area contributed by atoms with Gasteiger partial charge in [-0.15, -0.1) is 0 Å². The molecule has 2 aromatic carbocycles. The minimum absolute atomic E-state index is 0.182. The van der Waals surface area contributed by atoms with Crippen LogP contribution in [0.2, 0.25) is 0 Å². The average molecular weight is 378 g/mol. The van der Waals surface area contributed by atoms with Crippen molar-refractivity contribution in [3.8, 4) is 0 Å². The fraction of sp³-hybridized carbons (Fsp3) is 0.235. The number of rotatable bonds is 7. The Morgan fingerprint density at radius 2 is 1.96 bits per heavy atom. The van der Waals surface area contributed by atoms with Crippen molar-refractivity contribution >= 4 is 27.4 Å². The van der Waals surface area contributed by atoms with Crippen LogP contribution in [-0.4, -0.2) is 25.9 Å². The van der Waals surface area contributed by atoms with Crippen LogP contribution in [0.5, 0.6) is 0 Å². The maximum Gasteiger partial charge on any atom is 0.338 e. The van der Waals surface area contributed by atoms with Crippen molar-refractivity contribution in [3.63, 3.8) is 0 Å². The molecule has 1 N–H and O–H groups in total. The maximum absolute atomic E-state index is 12.4. The van der Waals surface area contributed by atoms with Crippen molar-refractivity contribution in [1.29, 1.82) is 0 Å². The third-order valence-corrected chi connectivity index (χ3v) is 4.74. The molecular formula is C17H18N2O6S. The molecular weight excluding hydrogens is 360 g/mol. The summed E-state index contributed by atoms with van der Waals surface area (Å²) in [4.78, 5) is 22.0. The third-order valence-electron chi connectivity index (χ3n) is 3.49. The molecule has 0 heterocycles. The molecule has 0 saturated heterocycles. The molecule has 0 aliphatic carbocycles. The van der Waals surface area contributed by atoms with Gasteiger partial charge in [-0.25, -0.2) is 13.2 Å². The average Bonchev–Trinajstić information content (AvgIpc) is 2.56. The van der Waals surface area contributed by atoms with Gasteiger partial charge in [-0.2, -0.15) is 0 Å². The highest BCUT2D eigenvalue weighted by molar-refractivity contribution is 7.91. The van der Waals surface area contributed by atoms with E-state index in [0.717, 1.165) is 0 Å². The highest BCUT2D eigenvalue weighted by Gasteiger charge is 2.17. The van der Waals surface area contributed by atoms with Crippen molar-refractivity contribution in [1.82, 2.24) is 0 Å². The van der Waals surface area contributed by atoms with Gasteiger partial charge in [0.15, 0.2) is 0 Å². The number of aryl methyl sites for hydroxylation is 1. The molecule has 0 fully saturated rings. The molecule has 0 saturated carbocycles. The summed E-state index contributed by atoms with van der Waals surface area (Å²) in [7, 11) is -3.83. The van der Waals surface area contributed by atoms with Gasteiger partial charge in [0.25, 0.3) is 5.69 Å². The number of nitrogens with zero attached hydrogens (tertiary/aromatic N) is 1. The van der Waals surface area contributed by atoms with Crippen LogP contribution in [-0.2, 0) is 20.5 Å². The van der Waals surface area contributed by atoms with E-state index in [1.165, 1.54) is 30.3 Å². The zero-order valence-electron chi connectivity index (χ0n) is 14.3. The second-order valence-electron chi connectivity index (χ2n) is 5.54. The van der Waals surface area contributed by atoms with E-state index in [1.54, 1.807) is 26.0 Å². The lowest BCUT2D eigenvalue weighted by Crippen LogP contribution is -2.16. The smallest absolute Gasteiger partial charge is 0.338 e. The molecule has 0 aliphatic heterocycles. The molecule has 9 heteroatoms. The summed E-state index contributed by atoms with van der Waals surface area (Å²) in [6.45, 7) is 3.58. The number of sulfonamides is 1. The minimum atomic E-state index is -3.83. The molecule has 2 aromatic rings. The highest BCUT2D eigenvalue weighted by Crippen LogP contribution is 2.21. The van der Waals surface area contributed by atoms with Gasteiger partial charge in [-0.1, -0.05) is 18.2 Å². The normalized spacial score (nSPS) is 11.0. The van der Waals surface area contributed by atoms with Crippen molar-refractivity contribution in [2.45, 2.75) is 19.6 Å². The maximum atomic E-state index is 12.4. The second kappa shape index (κ2) is 7.96. The van der Waals surface area contributed by atoms with E-state index < -0.39 is 26.7 Å². The quantitative estimate of drug-likeness (QED) is 0.450. The van der Waals surface area contributed by atoms with Gasteiger partial charge in [0.2, 0.25) is 10.0 Å². The van der Waals surface area contributed by atoms with E-state index in [-0.39, 0.29) is 29.1 Å². The Bertz CT molecular complexity index is 940. The first-order valence-electron chi connectivity index (χ1n) is 7.73. The number of nitro groups is 1. The van der Waals surface area contributed by atoms with E-state index in [9.17, 15) is 23.3 Å². The van der Waals surface area contributed by atoms with Gasteiger partial charge in [0.05, 0.1) is 28.5 Å². The van der Waals surface area contributed by atoms with Crippen molar-refractivity contribution in [2.75, 3.05) is 11.3 Å². The van der Waals surface area contributed by atoms with E-state index in [1.807, 2.05) is 0 Å². The molecule has 0 bridgehead atoms. The predicted molar refractivity (Wildman–Crippen MR) is 96.5 cm³/mol. The monoisotopic (exact) mass is 378 g/mol. The first-order valence-corrected chi connectivity index (χ1v) is 9.38. The zero-order chi connectivity index (χ0) is 19.3. The van der Waals surface area contributed by atoms with Crippen LogP contribution in [0.25, 0.3) is 0 Å². The number of anilines is 1. The number of carbonyl (C=O) groups is 1. The molecule has 0 amide bonds. The summed E-state index contributed by atoms with van der Waals surface area (Å²) in [5, 5.41) is 10.8. The van der Waals surface area contributed by atoms with E-state index in [4.69, 9.17) is 4.74 Å². The molecule has 0 spiro atoms. The molecule has 8 nitrogen and oxygen atoms in total. The van der Waals surface area contributed by atoms with Crippen LogP contribution in [0.1, 0.15) is 28.4 Å². The van der Waals surface area contributed by atoms with Gasteiger partial charge in [0, 0.05) is 12.1 Å². The lowest BCUT2D eigenvalue weighted by Gasteiger charge is -2.12. The standard InChI is InChI=1S/C17H18N2O6S/c1-3-25-17(20)14-8-7-12(2)16(10-14)18-26(23,24)11-13-5-4-6-15(9-13)19(21)22/h4-10,18H,3,11H2,1-2H3. The largest absolute Gasteiger partial charge is 0.462 e. The molecule has 0 unspecified atom stereocenters. The Hall–Kier alpha value is -2.94. The minimum Gasteiger partial charge on any atom is -0.462 e. The number of hydrogen-bond acceptors (Lipinski definition) is 6. The molecule has 0 aromatic heterocycles. The Morgan fingerprint density at radius 1 is 1.23 bits per heavy atom. The van der Waals surface area contributed by atoms with Crippen molar-refractivity contribution in [2.24, 2.45) is 0 Å². The van der Waals surface area contributed by atoms with Gasteiger partial charge < -0.3 is 4.74 Å². The van der Waals surface area contributed by atoms with Crippen molar-refractivity contribution in [3.05, 3.63) is 69.3 Å². The first kappa shape index (κ1) is 19.4. The lowest BCUT2D eigenvalue weighted by atomic mass is 10.1. The van der Waals surface area contributed by atoms with Gasteiger partial charge >= 0.3 is 5.97 Å². The zero-order valence-corrected chi connectivity index (χ0v) is 15.1. The summed E-state index contributed by atoms with van der Waals surface area (Å²) in [6.07, 6.45) is 0. The number of benzene rings is 2. The van der Waals surface area contributed by atoms with E-state index in [2.05, 4.69) is 4.72 Å². The number of esters is 1. The topological polar surface area (TPSA) is 116 Å². The van der Waals surface area contributed by atoms with Crippen LogP contribution in [0.3, 0.4) is 0 Å². The third kappa shape index (κ3) is 5.03. The lowest BCUT2D eigenvalue weighted by molar-refractivity contribution is -0.384. The number of non-ortho nitro benzene ring substituents is 1. The molecule has 0 aliphatic rings. The van der Waals surface area contributed by atoms with Crippen LogP contribution in [0, 0.1) is 17.0 Å². The fourth-order valence-corrected chi connectivity index (χ4v) is 3.50. The first-order chi connectivity index (χ1) is 12.2. The Balaban J connectivity index is 2.23. The predicted octanol–water partition coefficient (Wildman–Crippen LogP) is 3.02. The summed E-state index contributed by atoms with van der Waals surface area (Å²) in [5.41, 5.74) is 1.20. The Labute approximate surface area is 151 Å². The van der Waals surface area contributed by atoms with Crippen LogP contribution < -0.4 is 4.72 Å².